The van der Waals surface area contributed by atoms with Gasteiger partial charge >= 0.3 is 0 Å². The predicted molar refractivity (Wildman–Crippen MR) is 65.4 cm³/mol. The average molecular weight is 221 g/mol. The van der Waals surface area contributed by atoms with Crippen molar-refractivity contribution < 1.29 is 4.39 Å². The van der Waals surface area contributed by atoms with Crippen LogP contribution < -0.4 is 5.32 Å². The molecule has 16 heavy (non-hydrogen) atoms. The van der Waals surface area contributed by atoms with E-state index in [9.17, 15) is 4.39 Å². The topological polar surface area (TPSA) is 12.0 Å². The van der Waals surface area contributed by atoms with Gasteiger partial charge in [0.15, 0.2) is 0 Å². The first kappa shape index (κ1) is 11.6. The lowest BCUT2D eigenvalue weighted by Gasteiger charge is -2.23. The van der Waals surface area contributed by atoms with Crippen molar-refractivity contribution in [3.8, 4) is 0 Å². The van der Waals surface area contributed by atoms with Crippen LogP contribution in [0.2, 0.25) is 0 Å². The molecule has 0 radical (unpaired) electrons. The van der Waals surface area contributed by atoms with Gasteiger partial charge in [-0.2, -0.15) is 0 Å². The molecule has 0 saturated carbocycles. The molecule has 0 aromatic heterocycles. The van der Waals surface area contributed by atoms with E-state index in [1.807, 2.05) is 12.1 Å². The van der Waals surface area contributed by atoms with E-state index in [0.717, 1.165) is 18.7 Å². The van der Waals surface area contributed by atoms with E-state index >= 15 is 0 Å². The summed E-state index contributed by atoms with van der Waals surface area (Å²) in [6, 6.07) is 8.04. The summed E-state index contributed by atoms with van der Waals surface area (Å²) in [5, 5.41) is 3.36. The Bertz CT molecular complexity index is 331. The predicted octanol–water partition coefficient (Wildman–Crippen LogP) is 3.36. The number of piperidine rings is 1. The molecule has 1 saturated heterocycles. The molecule has 1 aromatic carbocycles. The largest absolute Gasteiger partial charge is 0.317 e. The van der Waals surface area contributed by atoms with Gasteiger partial charge in [0.05, 0.1) is 0 Å². The first-order valence-electron chi connectivity index (χ1n) is 6.07. The highest BCUT2D eigenvalue weighted by Crippen LogP contribution is 2.29. The molecule has 0 unspecified atom stereocenters. The van der Waals surface area contributed by atoms with Crippen LogP contribution in [0.1, 0.15) is 43.7 Å². The highest BCUT2D eigenvalue weighted by atomic mass is 19.1. The molecule has 2 heteroatoms. The van der Waals surface area contributed by atoms with Crippen molar-refractivity contribution in [1.82, 2.24) is 5.32 Å². The summed E-state index contributed by atoms with van der Waals surface area (Å²) >= 11 is 0. The third-order valence-corrected chi connectivity index (χ3v) is 3.41. The first-order chi connectivity index (χ1) is 7.57. The van der Waals surface area contributed by atoms with E-state index in [1.54, 1.807) is 13.8 Å². The van der Waals surface area contributed by atoms with Crippen LogP contribution in [0, 0.1) is 0 Å². The monoisotopic (exact) mass is 221 g/mol. The van der Waals surface area contributed by atoms with Crippen LogP contribution in [-0.2, 0) is 5.67 Å². The lowest BCUT2D eigenvalue weighted by Crippen LogP contribution is -2.26. The third kappa shape index (κ3) is 2.62. The minimum Gasteiger partial charge on any atom is -0.317 e. The van der Waals surface area contributed by atoms with Gasteiger partial charge in [-0.05, 0) is 56.8 Å². The maximum absolute atomic E-state index is 13.7. The number of hydrogen-bond donors (Lipinski definition) is 1. The molecule has 1 N–H and O–H groups in total. The minimum absolute atomic E-state index is 0.651. The van der Waals surface area contributed by atoms with Crippen LogP contribution in [0.25, 0.3) is 0 Å². The van der Waals surface area contributed by atoms with Gasteiger partial charge in [-0.15, -0.1) is 0 Å². The van der Waals surface area contributed by atoms with Crippen molar-refractivity contribution in [2.45, 2.75) is 38.3 Å². The van der Waals surface area contributed by atoms with Crippen LogP contribution in [0.5, 0.6) is 0 Å². The number of nitrogens with one attached hydrogen (secondary N) is 1. The van der Waals surface area contributed by atoms with Crippen LogP contribution in [-0.4, -0.2) is 13.1 Å². The van der Waals surface area contributed by atoms with Crippen LogP contribution in [0.3, 0.4) is 0 Å². The summed E-state index contributed by atoms with van der Waals surface area (Å²) in [6.07, 6.45) is 2.39. The molecule has 1 aromatic rings. The molecule has 1 heterocycles. The van der Waals surface area contributed by atoms with E-state index in [1.165, 1.54) is 18.4 Å². The van der Waals surface area contributed by atoms with Crippen molar-refractivity contribution >= 4 is 0 Å². The molecule has 0 bridgehead atoms. The summed E-state index contributed by atoms with van der Waals surface area (Å²) in [5.74, 6) is 0.651. The van der Waals surface area contributed by atoms with E-state index in [2.05, 4.69) is 17.4 Å². The number of hydrogen-bond acceptors (Lipinski definition) is 1. The molecule has 0 amide bonds. The van der Waals surface area contributed by atoms with E-state index in [0.29, 0.717) is 5.92 Å². The van der Waals surface area contributed by atoms with Gasteiger partial charge in [0.2, 0.25) is 0 Å². The lowest BCUT2D eigenvalue weighted by molar-refractivity contribution is 0.221. The van der Waals surface area contributed by atoms with Gasteiger partial charge < -0.3 is 5.32 Å². The molecule has 0 spiro atoms. The van der Waals surface area contributed by atoms with Crippen LogP contribution in [0.15, 0.2) is 24.3 Å². The van der Waals surface area contributed by atoms with Gasteiger partial charge in [-0.25, -0.2) is 4.39 Å². The molecule has 88 valence electrons. The molecular weight excluding hydrogens is 201 g/mol. The van der Waals surface area contributed by atoms with Crippen molar-refractivity contribution in [2.24, 2.45) is 0 Å². The Hall–Kier alpha value is -0.890. The van der Waals surface area contributed by atoms with Crippen LogP contribution >= 0.6 is 0 Å². The Balaban J connectivity index is 2.12. The zero-order valence-electron chi connectivity index (χ0n) is 10.1. The normalized spacial score (nSPS) is 18.7. The second-order valence-corrected chi connectivity index (χ2v) is 5.12. The van der Waals surface area contributed by atoms with Crippen LogP contribution in [0.4, 0.5) is 4.39 Å². The summed E-state index contributed by atoms with van der Waals surface area (Å²) in [5.41, 5.74) is 0.895. The Morgan fingerprint density at radius 1 is 1.12 bits per heavy atom. The second-order valence-electron chi connectivity index (χ2n) is 5.12. The summed E-state index contributed by atoms with van der Waals surface area (Å²) in [4.78, 5) is 0. The van der Waals surface area contributed by atoms with Crippen molar-refractivity contribution in [3.63, 3.8) is 0 Å². The number of alkyl halides is 1. The molecule has 0 atom stereocenters. The van der Waals surface area contributed by atoms with Gasteiger partial charge in [-0.1, -0.05) is 24.3 Å². The maximum atomic E-state index is 13.7. The van der Waals surface area contributed by atoms with Crippen molar-refractivity contribution in [1.29, 1.82) is 0 Å². The molecule has 0 aliphatic carbocycles. The number of rotatable bonds is 2. The van der Waals surface area contributed by atoms with E-state index < -0.39 is 5.67 Å². The number of benzene rings is 1. The standard InChI is InChI=1S/C14H20FN/c1-14(2,15)13-5-3-11(4-6-13)12-7-9-16-10-8-12/h3-6,12,16H,7-10H2,1-2H3. The van der Waals surface area contributed by atoms with Crippen molar-refractivity contribution in [2.75, 3.05) is 13.1 Å². The SMILES string of the molecule is CC(C)(F)c1ccc(C2CCNCC2)cc1. The third-order valence-electron chi connectivity index (χ3n) is 3.41. The summed E-state index contributed by atoms with van der Waals surface area (Å²) in [6.45, 7) is 5.40. The van der Waals surface area contributed by atoms with E-state index in [-0.39, 0.29) is 0 Å². The Morgan fingerprint density at radius 3 is 2.19 bits per heavy atom. The fraction of sp³-hybridized carbons (Fsp3) is 0.571. The summed E-state index contributed by atoms with van der Waals surface area (Å²) in [7, 11) is 0. The second kappa shape index (κ2) is 4.54. The van der Waals surface area contributed by atoms with Gasteiger partial charge in [0.1, 0.15) is 5.67 Å². The zero-order valence-corrected chi connectivity index (χ0v) is 10.1. The maximum Gasteiger partial charge on any atom is 0.130 e. The first-order valence-corrected chi connectivity index (χ1v) is 6.07. The quantitative estimate of drug-likeness (QED) is 0.807. The highest BCUT2D eigenvalue weighted by molar-refractivity contribution is 5.28. The fourth-order valence-corrected chi connectivity index (χ4v) is 2.31. The number of halogens is 1. The summed E-state index contributed by atoms with van der Waals surface area (Å²) < 4.78 is 13.7. The molecular formula is C14H20FN. The molecule has 1 aliphatic heterocycles. The Labute approximate surface area is 97.1 Å². The molecule has 1 fully saturated rings. The minimum atomic E-state index is -1.23. The Morgan fingerprint density at radius 2 is 1.69 bits per heavy atom. The molecule has 1 aliphatic rings. The van der Waals surface area contributed by atoms with Gasteiger partial charge in [-0.3, -0.25) is 0 Å². The zero-order chi connectivity index (χ0) is 11.6. The lowest BCUT2D eigenvalue weighted by atomic mass is 9.88. The highest BCUT2D eigenvalue weighted by Gasteiger charge is 2.20. The van der Waals surface area contributed by atoms with Gasteiger partial charge in [0.25, 0.3) is 0 Å². The molecule has 1 nitrogen and oxygen atoms in total. The van der Waals surface area contributed by atoms with Gasteiger partial charge in [0, 0.05) is 0 Å². The molecule has 2 rings (SSSR count). The fourth-order valence-electron chi connectivity index (χ4n) is 2.31. The van der Waals surface area contributed by atoms with Crippen molar-refractivity contribution in [3.05, 3.63) is 35.4 Å². The Kier molecular flexibility index (Phi) is 3.29. The smallest absolute Gasteiger partial charge is 0.130 e. The average Bonchev–Trinajstić information content (AvgIpc) is 2.29. The van der Waals surface area contributed by atoms with E-state index in [4.69, 9.17) is 0 Å².